The fourth-order valence-corrected chi connectivity index (χ4v) is 3.40. The molecular weight excluding hydrogens is 401 g/mol. The molecule has 2 aromatic heterocycles. The average Bonchev–Trinajstić information content (AvgIpc) is 3.26. The summed E-state index contributed by atoms with van der Waals surface area (Å²) in [5, 5.41) is 21.2. The van der Waals surface area contributed by atoms with E-state index in [1.54, 1.807) is 6.92 Å². The topological polar surface area (TPSA) is 135 Å². The second-order valence-electron chi connectivity index (χ2n) is 6.76. The quantitative estimate of drug-likeness (QED) is 0.360. The van der Waals surface area contributed by atoms with Gasteiger partial charge in [-0.15, -0.1) is 0 Å². The summed E-state index contributed by atoms with van der Waals surface area (Å²) in [6, 6.07) is 5.74. The van der Waals surface area contributed by atoms with Crippen LogP contribution in [0.3, 0.4) is 0 Å². The summed E-state index contributed by atoms with van der Waals surface area (Å²) in [4.78, 5) is 21.9. The lowest BCUT2D eigenvalue weighted by atomic mass is 10.1. The molecule has 0 unspecified atom stereocenters. The van der Waals surface area contributed by atoms with Crippen LogP contribution < -0.4 is 4.74 Å². The van der Waals surface area contributed by atoms with Gasteiger partial charge < -0.3 is 19.3 Å². The molecule has 158 valence electrons. The highest BCUT2D eigenvalue weighted by Crippen LogP contribution is 2.34. The Hall–Kier alpha value is -3.22. The molecule has 1 saturated heterocycles. The molecule has 0 spiro atoms. The van der Waals surface area contributed by atoms with Crippen LogP contribution in [0.25, 0.3) is 11.2 Å². The van der Waals surface area contributed by atoms with Gasteiger partial charge in [-0.2, -0.15) is 14.4 Å². The predicted octanol–water partition coefficient (Wildman–Crippen LogP) is 1.75. The molecule has 1 aromatic carbocycles. The van der Waals surface area contributed by atoms with Gasteiger partial charge >= 0.3 is 6.08 Å². The van der Waals surface area contributed by atoms with Crippen LogP contribution in [0.5, 0.6) is 5.88 Å². The summed E-state index contributed by atoms with van der Waals surface area (Å²) in [6.07, 6.45) is -2.51. The predicted molar refractivity (Wildman–Crippen MR) is 99.1 cm³/mol. The van der Waals surface area contributed by atoms with Gasteiger partial charge in [0.15, 0.2) is 17.4 Å². The van der Waals surface area contributed by atoms with Crippen molar-refractivity contribution in [1.82, 2.24) is 19.5 Å². The van der Waals surface area contributed by atoms with Gasteiger partial charge in [-0.3, -0.25) is 14.7 Å². The molecule has 4 rings (SSSR count). The van der Waals surface area contributed by atoms with Gasteiger partial charge in [-0.1, -0.05) is 0 Å². The summed E-state index contributed by atoms with van der Waals surface area (Å²) in [5.74, 6) is -0.0987. The smallest absolute Gasteiger partial charge is 0.314 e. The van der Waals surface area contributed by atoms with Crippen molar-refractivity contribution in [2.24, 2.45) is 0 Å². The van der Waals surface area contributed by atoms with E-state index in [0.717, 1.165) is 0 Å². The molecule has 11 nitrogen and oxygen atoms in total. The highest BCUT2D eigenvalue weighted by Gasteiger charge is 2.43. The van der Waals surface area contributed by atoms with Gasteiger partial charge in [0.2, 0.25) is 5.88 Å². The number of benzene rings is 1. The van der Waals surface area contributed by atoms with Crippen molar-refractivity contribution >= 4 is 16.9 Å². The van der Waals surface area contributed by atoms with E-state index in [1.807, 2.05) is 0 Å². The lowest BCUT2D eigenvalue weighted by Crippen LogP contribution is -2.32. The number of fused-ring (bicyclic) bond motifs is 1. The number of imidazole rings is 1. The van der Waals surface area contributed by atoms with Crippen molar-refractivity contribution in [3.8, 4) is 5.88 Å². The minimum Gasteiger partial charge on any atom is -0.471 e. The number of nitro benzene ring substituents is 1. The van der Waals surface area contributed by atoms with Gasteiger partial charge in [-0.05, 0) is 24.6 Å². The lowest BCUT2D eigenvalue weighted by Gasteiger charge is -2.17. The second-order valence-corrected chi connectivity index (χ2v) is 6.76. The minimum atomic E-state index is -1.04. The molecule has 12 heteroatoms. The Bertz CT molecular complexity index is 1070. The van der Waals surface area contributed by atoms with Crippen LogP contribution >= 0.6 is 0 Å². The molecule has 1 fully saturated rings. The third kappa shape index (κ3) is 3.56. The molecule has 1 aliphatic heterocycles. The molecule has 30 heavy (non-hydrogen) atoms. The largest absolute Gasteiger partial charge is 0.471 e. The van der Waals surface area contributed by atoms with Gasteiger partial charge in [0.25, 0.3) is 5.69 Å². The summed E-state index contributed by atoms with van der Waals surface area (Å²) in [5.41, 5.74) is 0.849. The van der Waals surface area contributed by atoms with Crippen LogP contribution in [-0.2, 0) is 16.1 Å². The van der Waals surface area contributed by atoms with Crippen molar-refractivity contribution in [2.75, 3.05) is 7.11 Å². The number of halogens is 1. The van der Waals surface area contributed by atoms with Crippen LogP contribution in [-0.4, -0.2) is 55.0 Å². The summed E-state index contributed by atoms with van der Waals surface area (Å²) < 4.78 is 32.1. The number of methoxy groups -OCH3 is 1. The Morgan fingerprint density at radius 3 is 2.70 bits per heavy atom. The fraction of sp³-hybridized carbons (Fsp3) is 0.389. The molecule has 1 N–H and O–H groups in total. The number of aromatic nitrogens is 4. The molecular formula is C18H18FN5O6. The third-order valence-corrected chi connectivity index (χ3v) is 4.88. The SMILES string of the molecule is CO[C@H]1[C@@H](O)[C@H](n2cnc3c(OCc4ccc([N+](=O)[O-])cc4)nc(F)nc32)O[C@@H]1C. The first-order chi connectivity index (χ1) is 14.4. The van der Waals surface area contributed by atoms with Crippen LogP contribution in [0.2, 0.25) is 0 Å². The van der Waals surface area contributed by atoms with Crippen molar-refractivity contribution in [1.29, 1.82) is 0 Å². The van der Waals surface area contributed by atoms with E-state index in [2.05, 4.69) is 15.0 Å². The molecule has 3 heterocycles. The van der Waals surface area contributed by atoms with Crippen LogP contribution in [0, 0.1) is 16.2 Å². The number of nitrogens with zero attached hydrogens (tertiary/aromatic N) is 5. The van der Waals surface area contributed by atoms with Crippen molar-refractivity contribution < 1.29 is 28.6 Å². The number of hydrogen-bond acceptors (Lipinski definition) is 9. The molecule has 1 aliphatic rings. The lowest BCUT2D eigenvalue weighted by molar-refractivity contribution is -0.384. The number of ether oxygens (including phenoxy) is 3. The summed E-state index contributed by atoms with van der Waals surface area (Å²) in [7, 11) is 1.47. The first-order valence-electron chi connectivity index (χ1n) is 9.01. The number of aliphatic hydroxyl groups excluding tert-OH is 1. The molecule has 3 aromatic rings. The highest BCUT2D eigenvalue weighted by molar-refractivity contribution is 5.76. The van der Waals surface area contributed by atoms with Crippen LogP contribution in [0.4, 0.5) is 10.1 Å². The maximum Gasteiger partial charge on any atom is 0.314 e. The average molecular weight is 419 g/mol. The molecule has 4 atom stereocenters. The first-order valence-corrected chi connectivity index (χ1v) is 9.01. The fourth-order valence-electron chi connectivity index (χ4n) is 3.40. The zero-order valence-electron chi connectivity index (χ0n) is 16.0. The molecule has 0 saturated carbocycles. The van der Waals surface area contributed by atoms with E-state index in [-0.39, 0.29) is 29.3 Å². The van der Waals surface area contributed by atoms with E-state index < -0.39 is 35.5 Å². The number of aliphatic hydroxyl groups is 1. The van der Waals surface area contributed by atoms with E-state index in [0.29, 0.717) is 5.56 Å². The standard InChI is InChI=1S/C18H18FN5O6/c1-9-14(28-2)13(25)17(30-9)23-8-20-12-15(23)21-18(19)22-16(12)29-7-10-3-5-11(6-4-10)24(26)27/h3-6,8-9,13-14,17,25H,7H2,1-2H3/t9-,13-,14-,17-/m1/s1. The highest BCUT2D eigenvalue weighted by atomic mass is 19.1. The molecule has 0 radical (unpaired) electrons. The van der Waals surface area contributed by atoms with E-state index in [4.69, 9.17) is 14.2 Å². The third-order valence-electron chi connectivity index (χ3n) is 4.88. The van der Waals surface area contributed by atoms with Crippen molar-refractivity contribution in [2.45, 2.75) is 38.1 Å². The van der Waals surface area contributed by atoms with E-state index >= 15 is 0 Å². The van der Waals surface area contributed by atoms with Crippen molar-refractivity contribution in [3.63, 3.8) is 0 Å². The van der Waals surface area contributed by atoms with E-state index in [1.165, 1.54) is 42.3 Å². The van der Waals surface area contributed by atoms with Gasteiger partial charge in [0.05, 0.1) is 17.4 Å². The van der Waals surface area contributed by atoms with Gasteiger partial charge in [0, 0.05) is 19.2 Å². The number of rotatable bonds is 6. The number of non-ortho nitro benzene ring substituents is 1. The molecule has 0 aliphatic carbocycles. The minimum absolute atomic E-state index is 0.0122. The van der Waals surface area contributed by atoms with Crippen LogP contribution in [0.1, 0.15) is 18.7 Å². The maximum absolute atomic E-state index is 14.1. The zero-order chi connectivity index (χ0) is 21.4. The normalized spacial score (nSPS) is 23.7. The van der Waals surface area contributed by atoms with Crippen LogP contribution in [0.15, 0.2) is 30.6 Å². The Kier molecular flexibility index (Phi) is 5.28. The summed E-state index contributed by atoms with van der Waals surface area (Å²) >= 11 is 0. The molecule has 0 amide bonds. The maximum atomic E-state index is 14.1. The van der Waals surface area contributed by atoms with Gasteiger partial charge in [-0.25, -0.2) is 4.98 Å². The number of nitro groups is 1. The number of hydrogen-bond donors (Lipinski definition) is 1. The first kappa shape index (κ1) is 20.1. The Morgan fingerprint density at radius 1 is 1.33 bits per heavy atom. The Morgan fingerprint density at radius 2 is 2.07 bits per heavy atom. The Balaban J connectivity index is 1.60. The van der Waals surface area contributed by atoms with E-state index in [9.17, 15) is 19.6 Å². The van der Waals surface area contributed by atoms with Gasteiger partial charge in [0.1, 0.15) is 18.8 Å². The zero-order valence-corrected chi connectivity index (χ0v) is 16.0. The van der Waals surface area contributed by atoms with Crippen molar-refractivity contribution in [3.05, 3.63) is 52.3 Å². The Labute approximate surface area is 169 Å². The summed E-state index contributed by atoms with van der Waals surface area (Å²) in [6.45, 7) is 1.74. The molecule has 0 bridgehead atoms. The monoisotopic (exact) mass is 419 g/mol. The second kappa shape index (κ2) is 7.89.